The van der Waals surface area contributed by atoms with Gasteiger partial charge in [-0.05, 0) is 20.3 Å². The summed E-state index contributed by atoms with van der Waals surface area (Å²) in [5.74, 6) is 0.651. The Labute approximate surface area is 99.9 Å². The minimum Gasteiger partial charge on any atom is -0.460 e. The number of hydrogen-bond donors (Lipinski definition) is 0. The van der Waals surface area contributed by atoms with E-state index in [9.17, 15) is 4.79 Å². The predicted octanol–water partition coefficient (Wildman–Crippen LogP) is 0.884. The lowest BCUT2D eigenvalue weighted by atomic mass is 10.0. The highest BCUT2D eigenvalue weighted by Crippen LogP contribution is 2.29. The fourth-order valence-corrected chi connectivity index (χ4v) is 2.07. The van der Waals surface area contributed by atoms with E-state index in [1.165, 1.54) is 0 Å². The van der Waals surface area contributed by atoms with Crippen molar-refractivity contribution >= 4 is 5.97 Å². The van der Waals surface area contributed by atoms with Gasteiger partial charge < -0.3 is 9.47 Å². The predicted molar refractivity (Wildman–Crippen MR) is 59.7 cm³/mol. The summed E-state index contributed by atoms with van der Waals surface area (Å²) in [5.41, 5.74) is 0. The second-order valence-corrected chi connectivity index (χ2v) is 4.11. The van der Waals surface area contributed by atoms with E-state index in [2.05, 4.69) is 10.1 Å². The maximum absolute atomic E-state index is 11.5. The molecule has 0 bridgehead atoms. The van der Waals surface area contributed by atoms with Crippen LogP contribution in [0.3, 0.4) is 0 Å². The molecule has 1 aromatic rings. The van der Waals surface area contributed by atoms with E-state index in [1.54, 1.807) is 18.7 Å². The molecule has 0 aromatic carbocycles. The number of hydrogen-bond acceptors (Lipinski definition) is 5. The molecule has 0 saturated carbocycles. The van der Waals surface area contributed by atoms with Crippen LogP contribution in [0.2, 0.25) is 0 Å². The van der Waals surface area contributed by atoms with Gasteiger partial charge in [0.2, 0.25) is 0 Å². The SMILES string of the molecule is CCOC(=O)c1nc(C2CCOC2C)n(C)n1. The molecule has 0 spiro atoms. The van der Waals surface area contributed by atoms with Gasteiger partial charge in [0.1, 0.15) is 5.82 Å². The Kier molecular flexibility index (Phi) is 3.42. The van der Waals surface area contributed by atoms with Gasteiger partial charge in [-0.25, -0.2) is 9.78 Å². The van der Waals surface area contributed by atoms with Crippen molar-refractivity contribution in [2.24, 2.45) is 7.05 Å². The van der Waals surface area contributed by atoms with Crippen molar-refractivity contribution < 1.29 is 14.3 Å². The summed E-state index contributed by atoms with van der Waals surface area (Å²) in [6, 6.07) is 0. The van der Waals surface area contributed by atoms with Gasteiger partial charge in [-0.2, -0.15) is 0 Å². The van der Waals surface area contributed by atoms with E-state index in [4.69, 9.17) is 9.47 Å². The van der Waals surface area contributed by atoms with E-state index >= 15 is 0 Å². The molecule has 1 fully saturated rings. The first-order valence-electron chi connectivity index (χ1n) is 5.83. The van der Waals surface area contributed by atoms with Gasteiger partial charge in [0.05, 0.1) is 12.7 Å². The summed E-state index contributed by atoms with van der Waals surface area (Å²) in [6.07, 6.45) is 1.03. The highest BCUT2D eigenvalue weighted by Gasteiger charge is 2.31. The molecule has 0 aliphatic carbocycles. The van der Waals surface area contributed by atoms with Gasteiger partial charge in [-0.1, -0.05) is 0 Å². The van der Waals surface area contributed by atoms with Crippen LogP contribution in [-0.2, 0) is 16.5 Å². The topological polar surface area (TPSA) is 66.2 Å². The van der Waals surface area contributed by atoms with Crippen molar-refractivity contribution in [1.29, 1.82) is 0 Å². The van der Waals surface area contributed by atoms with E-state index in [-0.39, 0.29) is 17.8 Å². The van der Waals surface area contributed by atoms with E-state index in [0.29, 0.717) is 6.61 Å². The van der Waals surface area contributed by atoms with Gasteiger partial charge in [-0.15, -0.1) is 5.10 Å². The van der Waals surface area contributed by atoms with Crippen LogP contribution in [0.1, 0.15) is 42.6 Å². The number of ether oxygens (including phenoxy) is 2. The van der Waals surface area contributed by atoms with E-state index in [0.717, 1.165) is 18.9 Å². The van der Waals surface area contributed by atoms with Crippen LogP contribution >= 0.6 is 0 Å². The standard InChI is InChI=1S/C11H17N3O3/c1-4-16-11(15)9-12-10(14(3)13-9)8-5-6-17-7(8)2/h7-8H,4-6H2,1-3H3. The third-order valence-electron chi connectivity index (χ3n) is 2.96. The Morgan fingerprint density at radius 3 is 3.00 bits per heavy atom. The van der Waals surface area contributed by atoms with Crippen LogP contribution in [-0.4, -0.2) is 40.1 Å². The molecule has 2 unspecified atom stereocenters. The minimum atomic E-state index is -0.471. The van der Waals surface area contributed by atoms with Crippen molar-refractivity contribution in [3.05, 3.63) is 11.6 Å². The second kappa shape index (κ2) is 4.83. The molecule has 2 rings (SSSR count). The molecule has 1 aromatic heterocycles. The Morgan fingerprint density at radius 1 is 1.65 bits per heavy atom. The molecule has 0 radical (unpaired) electrons. The van der Waals surface area contributed by atoms with Crippen molar-refractivity contribution in [3.63, 3.8) is 0 Å². The lowest BCUT2D eigenvalue weighted by Crippen LogP contribution is -2.14. The first kappa shape index (κ1) is 12.0. The average Bonchev–Trinajstić information content (AvgIpc) is 2.85. The zero-order chi connectivity index (χ0) is 12.4. The van der Waals surface area contributed by atoms with Gasteiger partial charge in [0.15, 0.2) is 0 Å². The zero-order valence-corrected chi connectivity index (χ0v) is 10.3. The molecular weight excluding hydrogens is 222 g/mol. The van der Waals surface area contributed by atoms with Crippen molar-refractivity contribution in [1.82, 2.24) is 14.8 Å². The molecule has 1 saturated heterocycles. The fraction of sp³-hybridized carbons (Fsp3) is 0.727. The Bertz CT molecular complexity index is 416. The average molecular weight is 239 g/mol. The Balaban J connectivity index is 2.21. The van der Waals surface area contributed by atoms with Gasteiger partial charge in [0, 0.05) is 19.6 Å². The molecule has 1 aliphatic rings. The van der Waals surface area contributed by atoms with Crippen LogP contribution in [0.15, 0.2) is 0 Å². The first-order valence-corrected chi connectivity index (χ1v) is 5.83. The molecule has 2 atom stereocenters. The summed E-state index contributed by atoms with van der Waals surface area (Å²) in [7, 11) is 1.79. The second-order valence-electron chi connectivity index (χ2n) is 4.11. The number of rotatable bonds is 3. The van der Waals surface area contributed by atoms with Crippen LogP contribution in [0.5, 0.6) is 0 Å². The van der Waals surface area contributed by atoms with Gasteiger partial charge in [0.25, 0.3) is 5.82 Å². The summed E-state index contributed by atoms with van der Waals surface area (Å²) >= 11 is 0. The highest BCUT2D eigenvalue weighted by molar-refractivity contribution is 5.85. The number of carbonyl (C=O) groups excluding carboxylic acids is 1. The number of esters is 1. The number of carbonyl (C=O) groups is 1. The van der Waals surface area contributed by atoms with Crippen molar-refractivity contribution in [3.8, 4) is 0 Å². The largest absolute Gasteiger partial charge is 0.460 e. The number of nitrogens with zero attached hydrogens (tertiary/aromatic N) is 3. The lowest BCUT2D eigenvalue weighted by molar-refractivity contribution is 0.0511. The van der Waals surface area contributed by atoms with Gasteiger partial charge in [-0.3, -0.25) is 4.68 Å². The molecule has 0 amide bonds. The van der Waals surface area contributed by atoms with Crippen molar-refractivity contribution in [2.75, 3.05) is 13.2 Å². The molecule has 94 valence electrons. The summed E-state index contributed by atoms with van der Waals surface area (Å²) in [4.78, 5) is 15.8. The third-order valence-corrected chi connectivity index (χ3v) is 2.96. The maximum Gasteiger partial charge on any atom is 0.378 e. The normalized spacial score (nSPS) is 23.9. The molecule has 2 heterocycles. The zero-order valence-electron chi connectivity index (χ0n) is 10.3. The monoisotopic (exact) mass is 239 g/mol. The van der Waals surface area contributed by atoms with Gasteiger partial charge >= 0.3 is 5.97 Å². The highest BCUT2D eigenvalue weighted by atomic mass is 16.5. The Hall–Kier alpha value is -1.43. The summed E-state index contributed by atoms with van der Waals surface area (Å²) in [5, 5.41) is 4.08. The third kappa shape index (κ3) is 2.31. The number of aromatic nitrogens is 3. The molecule has 0 N–H and O–H groups in total. The maximum atomic E-state index is 11.5. The molecule has 17 heavy (non-hydrogen) atoms. The summed E-state index contributed by atoms with van der Waals surface area (Å²) < 4.78 is 12.0. The molecule has 6 heteroatoms. The minimum absolute atomic E-state index is 0.118. The van der Waals surface area contributed by atoms with E-state index in [1.807, 2.05) is 6.92 Å². The Morgan fingerprint density at radius 2 is 2.41 bits per heavy atom. The molecule has 6 nitrogen and oxygen atoms in total. The smallest absolute Gasteiger partial charge is 0.378 e. The van der Waals surface area contributed by atoms with Crippen molar-refractivity contribution in [2.45, 2.75) is 32.3 Å². The number of aryl methyl sites for hydroxylation is 1. The quantitative estimate of drug-likeness (QED) is 0.733. The van der Waals surface area contributed by atoms with Crippen LogP contribution in [0, 0.1) is 0 Å². The van der Waals surface area contributed by atoms with E-state index < -0.39 is 5.97 Å². The summed E-state index contributed by atoms with van der Waals surface area (Å²) in [6.45, 7) is 4.83. The molecule has 1 aliphatic heterocycles. The lowest BCUT2D eigenvalue weighted by Gasteiger charge is -2.11. The molecular formula is C11H17N3O3. The van der Waals surface area contributed by atoms with Crippen LogP contribution in [0.25, 0.3) is 0 Å². The fourth-order valence-electron chi connectivity index (χ4n) is 2.07. The van der Waals surface area contributed by atoms with Crippen LogP contribution in [0.4, 0.5) is 0 Å². The first-order chi connectivity index (χ1) is 8.13. The van der Waals surface area contributed by atoms with Crippen LogP contribution < -0.4 is 0 Å².